The minimum Gasteiger partial charge on any atom is -0.506 e. The van der Waals surface area contributed by atoms with E-state index in [1.807, 2.05) is 0 Å². The molecule has 0 aliphatic carbocycles. The smallest absolute Gasteiger partial charge is 0.253 e. The summed E-state index contributed by atoms with van der Waals surface area (Å²) in [5.74, 6) is 0.175. The summed E-state index contributed by atoms with van der Waals surface area (Å²) >= 11 is 0. The third-order valence-electron chi connectivity index (χ3n) is 1.87. The van der Waals surface area contributed by atoms with Crippen molar-refractivity contribution < 1.29 is 9.90 Å². The molecule has 0 saturated heterocycles. The van der Waals surface area contributed by atoms with E-state index in [2.05, 4.69) is 25.5 Å². The van der Waals surface area contributed by atoms with Crippen LogP contribution in [0.4, 0.5) is 0 Å². The van der Waals surface area contributed by atoms with Gasteiger partial charge in [-0.3, -0.25) is 14.9 Å². The minimum absolute atomic E-state index is 0.0488. The lowest BCUT2D eigenvalue weighted by molar-refractivity contribution is 0.0949. The highest BCUT2D eigenvalue weighted by molar-refractivity contribution is 5.94. The molecule has 2 aromatic heterocycles. The van der Waals surface area contributed by atoms with Crippen LogP contribution in [0.1, 0.15) is 16.2 Å². The van der Waals surface area contributed by atoms with Gasteiger partial charge in [-0.05, 0) is 6.07 Å². The molecule has 2 heterocycles. The van der Waals surface area contributed by atoms with Crippen molar-refractivity contribution in [2.45, 2.75) is 6.54 Å². The zero-order valence-corrected chi connectivity index (χ0v) is 8.21. The monoisotopic (exact) mass is 219 g/mol. The minimum atomic E-state index is -0.334. The fourth-order valence-electron chi connectivity index (χ4n) is 1.13. The van der Waals surface area contributed by atoms with Crippen LogP contribution in [0.5, 0.6) is 5.75 Å². The van der Waals surface area contributed by atoms with Crippen molar-refractivity contribution in [1.29, 1.82) is 0 Å². The molecular formula is C9H9N5O2. The van der Waals surface area contributed by atoms with Gasteiger partial charge in [-0.15, -0.1) is 0 Å². The van der Waals surface area contributed by atoms with E-state index < -0.39 is 0 Å². The van der Waals surface area contributed by atoms with Gasteiger partial charge in [-0.1, -0.05) is 0 Å². The fourth-order valence-corrected chi connectivity index (χ4v) is 1.13. The lowest BCUT2D eigenvalue weighted by atomic mass is 10.2. The number of rotatable bonds is 3. The van der Waals surface area contributed by atoms with Crippen LogP contribution in [0.25, 0.3) is 0 Å². The number of aromatic nitrogens is 4. The molecule has 0 aliphatic heterocycles. The topological polar surface area (TPSA) is 104 Å². The summed E-state index contributed by atoms with van der Waals surface area (Å²) in [6, 6.07) is 1.34. The molecule has 7 nitrogen and oxygen atoms in total. The van der Waals surface area contributed by atoms with Crippen LogP contribution >= 0.6 is 0 Å². The average Bonchev–Trinajstić information content (AvgIpc) is 2.78. The Morgan fingerprint density at radius 1 is 1.50 bits per heavy atom. The van der Waals surface area contributed by atoms with Crippen molar-refractivity contribution in [3.63, 3.8) is 0 Å². The van der Waals surface area contributed by atoms with Crippen molar-refractivity contribution in [1.82, 2.24) is 25.5 Å². The Morgan fingerprint density at radius 3 is 3.06 bits per heavy atom. The molecule has 0 spiro atoms. The van der Waals surface area contributed by atoms with E-state index in [4.69, 9.17) is 5.11 Å². The molecule has 0 saturated carbocycles. The maximum atomic E-state index is 11.6. The van der Waals surface area contributed by atoms with Gasteiger partial charge in [0.15, 0.2) is 0 Å². The fraction of sp³-hybridized carbons (Fsp3) is 0.111. The molecule has 3 N–H and O–H groups in total. The largest absolute Gasteiger partial charge is 0.506 e. The van der Waals surface area contributed by atoms with Gasteiger partial charge < -0.3 is 10.4 Å². The van der Waals surface area contributed by atoms with Gasteiger partial charge in [0.2, 0.25) is 0 Å². The van der Waals surface area contributed by atoms with E-state index in [9.17, 15) is 4.79 Å². The number of hydrogen-bond donors (Lipinski definition) is 3. The van der Waals surface area contributed by atoms with E-state index >= 15 is 0 Å². The maximum Gasteiger partial charge on any atom is 0.253 e. The maximum absolute atomic E-state index is 11.6. The first-order chi connectivity index (χ1) is 7.75. The highest BCUT2D eigenvalue weighted by atomic mass is 16.3. The molecule has 0 aliphatic rings. The summed E-state index contributed by atoms with van der Waals surface area (Å²) in [6.07, 6.45) is 3.99. The van der Waals surface area contributed by atoms with E-state index in [0.717, 1.165) is 0 Å². The number of carbonyl (C=O) groups excluding carboxylic acids is 1. The van der Waals surface area contributed by atoms with Gasteiger partial charge in [0, 0.05) is 6.20 Å². The van der Waals surface area contributed by atoms with Gasteiger partial charge in [0.05, 0.1) is 18.3 Å². The number of nitrogens with zero attached hydrogens (tertiary/aromatic N) is 3. The average molecular weight is 219 g/mol. The molecule has 0 radical (unpaired) electrons. The molecule has 0 aromatic carbocycles. The first kappa shape index (κ1) is 10.1. The van der Waals surface area contributed by atoms with Crippen LogP contribution in [-0.4, -0.2) is 31.2 Å². The van der Waals surface area contributed by atoms with Crippen LogP contribution in [0.3, 0.4) is 0 Å². The van der Waals surface area contributed by atoms with Crippen LogP contribution in [0.15, 0.2) is 24.8 Å². The Hall–Kier alpha value is -2.44. The SMILES string of the molecule is O=C(NCc1ncn[nH]1)c1cncc(O)c1. The number of aromatic hydroxyl groups is 1. The van der Waals surface area contributed by atoms with E-state index in [1.54, 1.807) is 0 Å². The second-order valence-electron chi connectivity index (χ2n) is 3.05. The zero-order chi connectivity index (χ0) is 11.4. The van der Waals surface area contributed by atoms with Gasteiger partial charge >= 0.3 is 0 Å². The van der Waals surface area contributed by atoms with Crippen molar-refractivity contribution >= 4 is 5.91 Å². The Bertz CT molecular complexity index is 482. The third kappa shape index (κ3) is 2.32. The summed E-state index contributed by atoms with van der Waals surface area (Å²) in [5, 5.41) is 18.0. The van der Waals surface area contributed by atoms with E-state index in [1.165, 1.54) is 24.8 Å². The van der Waals surface area contributed by atoms with Gasteiger partial charge in [-0.25, -0.2) is 4.98 Å². The lowest BCUT2D eigenvalue weighted by Gasteiger charge is -2.02. The van der Waals surface area contributed by atoms with Crippen LogP contribution < -0.4 is 5.32 Å². The summed E-state index contributed by atoms with van der Waals surface area (Å²) in [7, 11) is 0. The molecule has 0 fully saturated rings. The predicted molar refractivity (Wildman–Crippen MR) is 53.5 cm³/mol. The molecule has 0 bridgehead atoms. The summed E-state index contributed by atoms with van der Waals surface area (Å²) < 4.78 is 0. The normalized spacial score (nSPS) is 10.0. The highest BCUT2D eigenvalue weighted by Gasteiger charge is 2.06. The third-order valence-corrected chi connectivity index (χ3v) is 1.87. The van der Waals surface area contributed by atoms with Crippen molar-refractivity contribution in [3.05, 3.63) is 36.2 Å². The van der Waals surface area contributed by atoms with Crippen molar-refractivity contribution in [2.24, 2.45) is 0 Å². The molecule has 82 valence electrons. The number of H-pyrrole nitrogens is 1. The number of carbonyl (C=O) groups is 1. The zero-order valence-electron chi connectivity index (χ0n) is 8.21. The Kier molecular flexibility index (Phi) is 2.77. The summed E-state index contributed by atoms with van der Waals surface area (Å²) in [6.45, 7) is 0.245. The number of aromatic amines is 1. The quantitative estimate of drug-likeness (QED) is 0.665. The predicted octanol–water partition coefficient (Wildman–Crippen LogP) is -0.165. The number of hydrogen-bond acceptors (Lipinski definition) is 5. The second-order valence-corrected chi connectivity index (χ2v) is 3.05. The highest BCUT2D eigenvalue weighted by Crippen LogP contribution is 2.08. The van der Waals surface area contributed by atoms with Crippen molar-refractivity contribution in [2.75, 3.05) is 0 Å². The molecule has 0 atom stereocenters. The summed E-state index contributed by atoms with van der Waals surface area (Å²) in [5.41, 5.74) is 0.291. The van der Waals surface area contributed by atoms with Crippen molar-refractivity contribution in [3.8, 4) is 5.75 Å². The molecular weight excluding hydrogens is 210 g/mol. The second kappa shape index (κ2) is 4.39. The van der Waals surface area contributed by atoms with E-state index in [0.29, 0.717) is 11.4 Å². The van der Waals surface area contributed by atoms with Gasteiger partial charge in [0.1, 0.15) is 17.9 Å². The number of nitrogens with one attached hydrogen (secondary N) is 2. The van der Waals surface area contributed by atoms with Gasteiger partial charge in [0.25, 0.3) is 5.91 Å². The Labute approximate surface area is 90.6 Å². The Morgan fingerprint density at radius 2 is 2.38 bits per heavy atom. The number of amides is 1. The molecule has 0 unspecified atom stereocenters. The first-order valence-corrected chi connectivity index (χ1v) is 4.52. The van der Waals surface area contributed by atoms with E-state index in [-0.39, 0.29) is 18.2 Å². The van der Waals surface area contributed by atoms with Crippen LogP contribution in [0, 0.1) is 0 Å². The lowest BCUT2D eigenvalue weighted by Crippen LogP contribution is -2.23. The molecule has 2 rings (SSSR count). The molecule has 1 amide bonds. The van der Waals surface area contributed by atoms with Crippen LogP contribution in [0.2, 0.25) is 0 Å². The van der Waals surface area contributed by atoms with Gasteiger partial charge in [-0.2, -0.15) is 5.10 Å². The summed E-state index contributed by atoms with van der Waals surface area (Å²) in [4.78, 5) is 19.1. The Balaban J connectivity index is 1.98. The first-order valence-electron chi connectivity index (χ1n) is 4.52. The number of pyridine rings is 1. The molecule has 7 heteroatoms. The molecule has 2 aromatic rings. The molecule has 16 heavy (non-hydrogen) atoms. The standard InChI is InChI=1S/C9H9N5O2/c15-7-1-6(2-10-3-7)9(16)11-4-8-12-5-13-14-8/h1-3,5,15H,4H2,(H,11,16)(H,12,13,14). The van der Waals surface area contributed by atoms with Crippen LogP contribution in [-0.2, 0) is 6.54 Å².